The van der Waals surface area contributed by atoms with E-state index in [2.05, 4.69) is 10.3 Å². The summed E-state index contributed by atoms with van der Waals surface area (Å²) in [5, 5.41) is 4.25. The molecule has 1 saturated heterocycles. The topological polar surface area (TPSA) is 65.2 Å². The van der Waals surface area contributed by atoms with E-state index in [4.69, 9.17) is 11.6 Å². The second kappa shape index (κ2) is 7.64. The highest BCUT2D eigenvalue weighted by Gasteiger charge is 2.34. The predicted octanol–water partition coefficient (Wildman–Crippen LogP) is 3.99. The van der Waals surface area contributed by atoms with Crippen LogP contribution in [0.2, 0.25) is 5.02 Å². The molecule has 144 valence electrons. The van der Waals surface area contributed by atoms with E-state index in [1.54, 1.807) is 35.2 Å². The Labute approximate surface area is 166 Å². The van der Waals surface area contributed by atoms with Gasteiger partial charge in [-0.3, -0.25) is 9.59 Å². The summed E-state index contributed by atoms with van der Waals surface area (Å²) in [5.41, 5.74) is 2.47. The van der Waals surface area contributed by atoms with Crippen molar-refractivity contribution >= 4 is 40.0 Å². The van der Waals surface area contributed by atoms with Crippen molar-refractivity contribution in [2.24, 2.45) is 5.92 Å². The molecule has 0 unspecified atom stereocenters. The molecule has 1 fully saturated rings. The van der Waals surface area contributed by atoms with Crippen molar-refractivity contribution in [1.29, 1.82) is 0 Å². The van der Waals surface area contributed by atoms with Crippen LogP contribution in [0.1, 0.15) is 12.0 Å². The molecule has 0 saturated carbocycles. The number of carbonyl (C=O) groups excluding carboxylic acids is 2. The zero-order chi connectivity index (χ0) is 19.7. The highest BCUT2D eigenvalue weighted by molar-refractivity contribution is 6.30. The summed E-state index contributed by atoms with van der Waals surface area (Å²) >= 11 is 5.85. The summed E-state index contributed by atoms with van der Waals surface area (Å²) in [6, 6.07) is 11.5. The molecule has 7 heteroatoms. The maximum absolute atomic E-state index is 13.5. The number of halogens is 2. The molecule has 1 aromatic heterocycles. The van der Waals surface area contributed by atoms with Gasteiger partial charge in [0.2, 0.25) is 11.8 Å². The number of hydrogen-bond donors (Lipinski definition) is 2. The molecule has 2 N–H and O–H groups in total. The van der Waals surface area contributed by atoms with Gasteiger partial charge in [0, 0.05) is 47.3 Å². The minimum atomic E-state index is -0.386. The number of aromatic nitrogens is 1. The highest BCUT2D eigenvalue weighted by Crippen LogP contribution is 2.23. The minimum Gasteiger partial charge on any atom is -0.361 e. The number of likely N-dealkylation sites (tertiary alicyclic amines) is 1. The molecule has 0 radical (unpaired) electrons. The maximum atomic E-state index is 13.5. The zero-order valence-electron chi connectivity index (χ0n) is 15.0. The van der Waals surface area contributed by atoms with Gasteiger partial charge >= 0.3 is 0 Å². The van der Waals surface area contributed by atoms with Crippen molar-refractivity contribution < 1.29 is 14.0 Å². The van der Waals surface area contributed by atoms with E-state index in [1.807, 2.05) is 6.20 Å². The molecule has 28 heavy (non-hydrogen) atoms. The Morgan fingerprint density at radius 1 is 1.25 bits per heavy atom. The third kappa shape index (κ3) is 3.87. The van der Waals surface area contributed by atoms with E-state index in [0.29, 0.717) is 30.2 Å². The first-order valence-electron chi connectivity index (χ1n) is 9.09. The van der Waals surface area contributed by atoms with E-state index in [-0.39, 0.29) is 30.0 Å². The first kappa shape index (κ1) is 18.5. The van der Waals surface area contributed by atoms with Crippen molar-refractivity contribution in [3.05, 3.63) is 65.1 Å². The van der Waals surface area contributed by atoms with Crippen LogP contribution in [0.5, 0.6) is 0 Å². The molecule has 0 aliphatic carbocycles. The quantitative estimate of drug-likeness (QED) is 0.681. The van der Waals surface area contributed by atoms with Crippen LogP contribution < -0.4 is 5.32 Å². The van der Waals surface area contributed by atoms with Gasteiger partial charge < -0.3 is 15.2 Å². The number of amides is 2. The summed E-state index contributed by atoms with van der Waals surface area (Å²) in [5.74, 6) is -0.886. The Morgan fingerprint density at radius 2 is 2.04 bits per heavy atom. The number of benzene rings is 2. The molecule has 1 aliphatic rings. The van der Waals surface area contributed by atoms with Gasteiger partial charge in [-0.15, -0.1) is 0 Å². The highest BCUT2D eigenvalue weighted by atomic mass is 35.5. The van der Waals surface area contributed by atoms with Crippen molar-refractivity contribution in [1.82, 2.24) is 9.88 Å². The van der Waals surface area contributed by atoms with Crippen molar-refractivity contribution in [2.75, 3.05) is 18.4 Å². The number of fused-ring (bicyclic) bond motifs is 1. The molecular formula is C21H19ClFN3O2. The van der Waals surface area contributed by atoms with Crippen LogP contribution in [0.3, 0.4) is 0 Å². The van der Waals surface area contributed by atoms with Crippen LogP contribution in [-0.4, -0.2) is 34.8 Å². The lowest BCUT2D eigenvalue weighted by atomic mass is 10.1. The van der Waals surface area contributed by atoms with Gasteiger partial charge in [0.25, 0.3) is 0 Å². The van der Waals surface area contributed by atoms with Crippen LogP contribution in [0.15, 0.2) is 48.7 Å². The fourth-order valence-corrected chi connectivity index (χ4v) is 3.68. The second-order valence-corrected chi connectivity index (χ2v) is 7.43. The number of carbonyl (C=O) groups is 2. The van der Waals surface area contributed by atoms with Crippen molar-refractivity contribution in [3.8, 4) is 0 Å². The third-order valence-corrected chi connectivity index (χ3v) is 5.33. The molecule has 2 amide bonds. The zero-order valence-corrected chi connectivity index (χ0v) is 15.8. The molecule has 5 nitrogen and oxygen atoms in total. The van der Waals surface area contributed by atoms with E-state index >= 15 is 0 Å². The molecule has 4 rings (SSSR count). The normalized spacial score (nSPS) is 16.7. The fraction of sp³-hybridized carbons (Fsp3) is 0.238. The van der Waals surface area contributed by atoms with Gasteiger partial charge in [-0.1, -0.05) is 11.6 Å². The Kier molecular flexibility index (Phi) is 5.05. The standard InChI is InChI=1S/C21H19ClFN3O2/c22-15-1-4-17(5-2-15)25-21(28)14-9-20(27)26(12-14)8-7-13-11-24-19-6-3-16(23)10-18(13)19/h1-6,10-11,14,24H,7-9,12H2,(H,25,28)/t14-/m1/s1. The molecule has 2 heterocycles. The molecular weight excluding hydrogens is 381 g/mol. The van der Waals surface area contributed by atoms with E-state index in [0.717, 1.165) is 16.5 Å². The SMILES string of the molecule is O=C(Nc1ccc(Cl)cc1)[C@@H]1CC(=O)N(CCc2c[nH]c3ccc(F)cc23)C1. The lowest BCUT2D eigenvalue weighted by molar-refractivity contribution is -0.128. The van der Waals surface area contributed by atoms with E-state index < -0.39 is 0 Å². The second-order valence-electron chi connectivity index (χ2n) is 6.99. The van der Waals surface area contributed by atoms with E-state index in [1.165, 1.54) is 12.1 Å². The van der Waals surface area contributed by atoms with Crippen LogP contribution in [0.25, 0.3) is 10.9 Å². The number of aromatic amines is 1. The van der Waals surface area contributed by atoms with Gasteiger partial charge in [-0.2, -0.15) is 0 Å². The summed E-state index contributed by atoms with van der Waals surface area (Å²) in [7, 11) is 0. The first-order valence-corrected chi connectivity index (χ1v) is 9.47. The molecule has 1 aliphatic heterocycles. The van der Waals surface area contributed by atoms with Crippen LogP contribution in [-0.2, 0) is 16.0 Å². The largest absolute Gasteiger partial charge is 0.361 e. The molecule has 0 spiro atoms. The fourth-order valence-electron chi connectivity index (χ4n) is 3.55. The average molecular weight is 400 g/mol. The summed E-state index contributed by atoms with van der Waals surface area (Å²) < 4.78 is 13.5. The van der Waals surface area contributed by atoms with Crippen LogP contribution >= 0.6 is 11.6 Å². The van der Waals surface area contributed by atoms with Gasteiger partial charge in [0.1, 0.15) is 5.82 Å². The predicted molar refractivity (Wildman–Crippen MR) is 107 cm³/mol. The number of anilines is 1. The molecule has 0 bridgehead atoms. The van der Waals surface area contributed by atoms with Gasteiger partial charge in [0.15, 0.2) is 0 Å². The molecule has 2 aromatic carbocycles. The smallest absolute Gasteiger partial charge is 0.229 e. The van der Waals surface area contributed by atoms with Gasteiger partial charge in [-0.05, 0) is 54.4 Å². The van der Waals surface area contributed by atoms with E-state index in [9.17, 15) is 14.0 Å². The monoisotopic (exact) mass is 399 g/mol. The molecule has 3 aromatic rings. The average Bonchev–Trinajstić information content (AvgIpc) is 3.25. The summed E-state index contributed by atoms with van der Waals surface area (Å²) in [4.78, 5) is 29.6. The maximum Gasteiger partial charge on any atom is 0.229 e. The number of rotatable bonds is 5. The number of H-pyrrole nitrogens is 1. The Hall–Kier alpha value is -2.86. The summed E-state index contributed by atoms with van der Waals surface area (Å²) in [6.45, 7) is 0.877. The summed E-state index contributed by atoms with van der Waals surface area (Å²) in [6.07, 6.45) is 2.64. The Morgan fingerprint density at radius 3 is 2.82 bits per heavy atom. The lowest BCUT2D eigenvalue weighted by Gasteiger charge is -2.16. The number of hydrogen-bond acceptors (Lipinski definition) is 2. The van der Waals surface area contributed by atoms with Crippen molar-refractivity contribution in [3.63, 3.8) is 0 Å². The Bertz CT molecular complexity index is 1030. The van der Waals surface area contributed by atoms with Gasteiger partial charge in [-0.25, -0.2) is 4.39 Å². The lowest BCUT2D eigenvalue weighted by Crippen LogP contribution is -2.30. The first-order chi connectivity index (χ1) is 13.5. The number of nitrogens with one attached hydrogen (secondary N) is 2. The Balaban J connectivity index is 1.37. The van der Waals surface area contributed by atoms with Crippen LogP contribution in [0.4, 0.5) is 10.1 Å². The third-order valence-electron chi connectivity index (χ3n) is 5.08. The van der Waals surface area contributed by atoms with Crippen LogP contribution in [0, 0.1) is 11.7 Å². The minimum absolute atomic E-state index is 0.0396. The molecule has 1 atom stereocenters. The van der Waals surface area contributed by atoms with Crippen molar-refractivity contribution in [2.45, 2.75) is 12.8 Å². The number of nitrogens with zero attached hydrogens (tertiary/aromatic N) is 1. The van der Waals surface area contributed by atoms with Gasteiger partial charge in [0.05, 0.1) is 5.92 Å².